The molecule has 0 saturated heterocycles. The second kappa shape index (κ2) is 5.47. The Hall–Kier alpha value is -1.13. The van der Waals surface area contributed by atoms with Crippen LogP contribution in [0, 0.1) is 12.7 Å². The van der Waals surface area contributed by atoms with Crippen molar-refractivity contribution in [3.8, 4) is 0 Å². The SMILES string of the molecule is Cc1cc(N(C)CC(C)O)c([C@H](C)O)cc1F. The van der Waals surface area contributed by atoms with Gasteiger partial charge in [-0.1, -0.05) is 0 Å². The minimum Gasteiger partial charge on any atom is -0.392 e. The topological polar surface area (TPSA) is 43.7 Å². The third kappa shape index (κ3) is 3.41. The highest BCUT2D eigenvalue weighted by Gasteiger charge is 2.15. The molecule has 1 aromatic carbocycles. The summed E-state index contributed by atoms with van der Waals surface area (Å²) < 4.78 is 13.5. The van der Waals surface area contributed by atoms with E-state index >= 15 is 0 Å². The molecule has 1 aromatic rings. The number of likely N-dealkylation sites (N-methyl/N-ethyl adjacent to an activating group) is 1. The lowest BCUT2D eigenvalue weighted by Crippen LogP contribution is -2.28. The smallest absolute Gasteiger partial charge is 0.126 e. The Labute approximate surface area is 101 Å². The Morgan fingerprint density at radius 1 is 1.29 bits per heavy atom. The molecular formula is C13H20FNO2. The van der Waals surface area contributed by atoms with Gasteiger partial charge >= 0.3 is 0 Å². The summed E-state index contributed by atoms with van der Waals surface area (Å²) in [4.78, 5) is 1.82. The molecule has 0 aromatic heterocycles. The molecule has 4 heteroatoms. The average Bonchev–Trinajstić information content (AvgIpc) is 2.19. The first-order valence-corrected chi connectivity index (χ1v) is 5.70. The van der Waals surface area contributed by atoms with Gasteiger partial charge in [0.05, 0.1) is 12.2 Å². The van der Waals surface area contributed by atoms with Crippen molar-refractivity contribution >= 4 is 5.69 Å². The Morgan fingerprint density at radius 2 is 1.88 bits per heavy atom. The molecule has 1 rings (SSSR count). The number of anilines is 1. The Bertz CT molecular complexity index is 391. The molecule has 17 heavy (non-hydrogen) atoms. The van der Waals surface area contributed by atoms with E-state index < -0.39 is 12.2 Å². The third-order valence-corrected chi connectivity index (χ3v) is 2.71. The largest absolute Gasteiger partial charge is 0.392 e. The Morgan fingerprint density at radius 3 is 2.35 bits per heavy atom. The van der Waals surface area contributed by atoms with Crippen molar-refractivity contribution in [1.29, 1.82) is 0 Å². The van der Waals surface area contributed by atoms with E-state index in [-0.39, 0.29) is 5.82 Å². The molecule has 0 aliphatic carbocycles. The van der Waals surface area contributed by atoms with E-state index in [1.165, 1.54) is 6.07 Å². The number of nitrogens with zero attached hydrogens (tertiary/aromatic N) is 1. The van der Waals surface area contributed by atoms with Crippen molar-refractivity contribution in [2.24, 2.45) is 0 Å². The average molecular weight is 241 g/mol. The predicted molar refractivity (Wildman–Crippen MR) is 66.7 cm³/mol. The molecule has 0 aliphatic heterocycles. The Kier molecular flexibility index (Phi) is 4.48. The molecule has 2 atom stereocenters. The molecule has 3 nitrogen and oxygen atoms in total. The maximum atomic E-state index is 13.5. The molecule has 96 valence electrons. The summed E-state index contributed by atoms with van der Waals surface area (Å²) in [5.74, 6) is -0.324. The maximum absolute atomic E-state index is 13.5. The van der Waals surface area contributed by atoms with Crippen molar-refractivity contribution < 1.29 is 14.6 Å². The van der Waals surface area contributed by atoms with E-state index in [1.54, 1.807) is 26.8 Å². The van der Waals surface area contributed by atoms with Crippen LogP contribution in [0.5, 0.6) is 0 Å². The first kappa shape index (κ1) is 13.9. The fourth-order valence-corrected chi connectivity index (χ4v) is 1.84. The van der Waals surface area contributed by atoms with Gasteiger partial charge in [-0.05, 0) is 38.5 Å². The number of benzene rings is 1. The lowest BCUT2D eigenvalue weighted by molar-refractivity contribution is 0.195. The quantitative estimate of drug-likeness (QED) is 0.847. The molecule has 0 aliphatic rings. The van der Waals surface area contributed by atoms with E-state index in [0.29, 0.717) is 17.7 Å². The van der Waals surface area contributed by atoms with Gasteiger partial charge in [0.25, 0.3) is 0 Å². The number of aryl methyl sites for hydroxylation is 1. The van der Waals surface area contributed by atoms with Crippen molar-refractivity contribution in [1.82, 2.24) is 0 Å². The third-order valence-electron chi connectivity index (χ3n) is 2.71. The number of hydrogen-bond donors (Lipinski definition) is 2. The second-order valence-corrected chi connectivity index (χ2v) is 4.57. The van der Waals surface area contributed by atoms with Gasteiger partial charge in [-0.25, -0.2) is 4.39 Å². The van der Waals surface area contributed by atoms with Crippen LogP contribution in [-0.2, 0) is 0 Å². The highest BCUT2D eigenvalue weighted by atomic mass is 19.1. The maximum Gasteiger partial charge on any atom is 0.126 e. The first-order chi connectivity index (χ1) is 7.82. The molecule has 0 radical (unpaired) electrons. The van der Waals surface area contributed by atoms with Crippen LogP contribution in [0.15, 0.2) is 12.1 Å². The van der Waals surface area contributed by atoms with Crippen LogP contribution in [0.1, 0.15) is 31.1 Å². The van der Waals surface area contributed by atoms with Crippen LogP contribution in [0.25, 0.3) is 0 Å². The number of hydrogen-bond acceptors (Lipinski definition) is 3. The lowest BCUT2D eigenvalue weighted by atomic mass is 10.0. The monoisotopic (exact) mass is 241 g/mol. The van der Waals surface area contributed by atoms with Gasteiger partial charge in [0.15, 0.2) is 0 Å². The van der Waals surface area contributed by atoms with Crippen LogP contribution in [0.2, 0.25) is 0 Å². The van der Waals surface area contributed by atoms with Crippen LogP contribution >= 0.6 is 0 Å². The van der Waals surface area contributed by atoms with Gasteiger partial charge in [-0.15, -0.1) is 0 Å². The van der Waals surface area contributed by atoms with E-state index in [0.717, 1.165) is 5.69 Å². The van der Waals surface area contributed by atoms with Crippen molar-refractivity contribution in [3.05, 3.63) is 29.1 Å². The summed E-state index contributed by atoms with van der Waals surface area (Å²) in [5, 5.41) is 19.0. The van der Waals surface area contributed by atoms with Gasteiger partial charge in [0, 0.05) is 24.8 Å². The van der Waals surface area contributed by atoms with Gasteiger partial charge in [0.1, 0.15) is 5.82 Å². The number of rotatable bonds is 4. The van der Waals surface area contributed by atoms with Crippen LogP contribution in [-0.4, -0.2) is 29.9 Å². The summed E-state index contributed by atoms with van der Waals surface area (Å²) in [7, 11) is 1.81. The molecule has 0 amide bonds. The van der Waals surface area contributed by atoms with Crippen LogP contribution in [0.4, 0.5) is 10.1 Å². The van der Waals surface area contributed by atoms with Crippen molar-refractivity contribution in [3.63, 3.8) is 0 Å². The molecule has 0 saturated carbocycles. The van der Waals surface area contributed by atoms with E-state index in [1.807, 2.05) is 11.9 Å². The van der Waals surface area contributed by atoms with Gasteiger partial charge in [0.2, 0.25) is 0 Å². The Balaban J connectivity index is 3.16. The number of aliphatic hydroxyl groups is 2. The molecule has 0 spiro atoms. The molecule has 1 unspecified atom stereocenters. The lowest BCUT2D eigenvalue weighted by Gasteiger charge is -2.25. The van der Waals surface area contributed by atoms with Gasteiger partial charge in [-0.3, -0.25) is 0 Å². The fourth-order valence-electron chi connectivity index (χ4n) is 1.84. The fraction of sp³-hybridized carbons (Fsp3) is 0.538. The van der Waals surface area contributed by atoms with E-state index in [4.69, 9.17) is 0 Å². The summed E-state index contributed by atoms with van der Waals surface area (Å²) in [5.41, 5.74) is 1.82. The molecule has 0 heterocycles. The summed E-state index contributed by atoms with van der Waals surface area (Å²) in [6.45, 7) is 5.41. The summed E-state index contributed by atoms with van der Waals surface area (Å²) in [6.07, 6.45) is -1.22. The standard InChI is InChI=1S/C13H20FNO2/c1-8-5-13(15(4)7-9(2)16)11(10(3)17)6-12(8)14/h5-6,9-10,16-17H,7H2,1-4H3/t9?,10-/m0/s1. The zero-order valence-electron chi connectivity index (χ0n) is 10.7. The molecule has 2 N–H and O–H groups in total. The second-order valence-electron chi connectivity index (χ2n) is 4.57. The van der Waals surface area contributed by atoms with Crippen molar-refractivity contribution in [2.75, 3.05) is 18.5 Å². The zero-order valence-corrected chi connectivity index (χ0v) is 10.7. The van der Waals surface area contributed by atoms with Gasteiger partial charge < -0.3 is 15.1 Å². The molecular weight excluding hydrogens is 221 g/mol. The minimum atomic E-state index is -0.739. The summed E-state index contributed by atoms with van der Waals surface area (Å²) in [6, 6.07) is 3.05. The molecule has 0 fully saturated rings. The highest BCUT2D eigenvalue weighted by Crippen LogP contribution is 2.28. The minimum absolute atomic E-state index is 0.324. The van der Waals surface area contributed by atoms with E-state index in [2.05, 4.69) is 0 Å². The summed E-state index contributed by atoms with van der Waals surface area (Å²) >= 11 is 0. The van der Waals surface area contributed by atoms with Crippen LogP contribution in [0.3, 0.4) is 0 Å². The normalized spacial score (nSPS) is 14.5. The van der Waals surface area contributed by atoms with Crippen molar-refractivity contribution in [2.45, 2.75) is 33.0 Å². The number of aliphatic hydroxyl groups excluding tert-OH is 2. The highest BCUT2D eigenvalue weighted by molar-refractivity contribution is 5.56. The zero-order chi connectivity index (χ0) is 13.2. The van der Waals surface area contributed by atoms with Gasteiger partial charge in [-0.2, -0.15) is 0 Å². The first-order valence-electron chi connectivity index (χ1n) is 5.70. The molecule has 0 bridgehead atoms. The van der Waals surface area contributed by atoms with Crippen LogP contribution < -0.4 is 4.90 Å². The van der Waals surface area contributed by atoms with E-state index in [9.17, 15) is 14.6 Å². The predicted octanol–water partition coefficient (Wildman–Crippen LogP) is 2.00. The number of halogens is 1.